The van der Waals surface area contributed by atoms with Crippen LogP contribution in [0.2, 0.25) is 0 Å². The van der Waals surface area contributed by atoms with Crippen molar-refractivity contribution in [3.63, 3.8) is 0 Å². The van der Waals surface area contributed by atoms with Gasteiger partial charge in [-0.25, -0.2) is 0 Å². The summed E-state index contributed by atoms with van der Waals surface area (Å²) in [6.45, 7) is 0.232. The number of hydrogen-bond donors (Lipinski definition) is 2. The van der Waals surface area contributed by atoms with Crippen molar-refractivity contribution in [1.82, 2.24) is 4.98 Å². The Bertz CT molecular complexity index is 550. The van der Waals surface area contributed by atoms with Gasteiger partial charge in [-0.15, -0.1) is 0 Å². The Kier molecular flexibility index (Phi) is 3.49. The number of aromatic amines is 1. The molecule has 1 unspecified atom stereocenters. The van der Waals surface area contributed by atoms with E-state index in [1.54, 1.807) is 0 Å². The number of fused-ring (bicyclic) bond motifs is 1. The molecular formula is C12H13BrN2O2. The van der Waals surface area contributed by atoms with Gasteiger partial charge in [-0.1, -0.05) is 22.0 Å². The summed E-state index contributed by atoms with van der Waals surface area (Å²) in [6.07, 6.45) is 1.81. The van der Waals surface area contributed by atoms with Crippen molar-refractivity contribution in [2.75, 3.05) is 13.7 Å². The number of carbonyl (C=O) groups excluding carboxylic acids is 1. The molecule has 5 heteroatoms. The monoisotopic (exact) mass is 296 g/mol. The summed E-state index contributed by atoms with van der Waals surface area (Å²) < 4.78 is 5.74. The summed E-state index contributed by atoms with van der Waals surface area (Å²) in [5, 5.41) is 0.994. The van der Waals surface area contributed by atoms with E-state index in [0.717, 1.165) is 20.9 Å². The highest BCUT2D eigenvalue weighted by Gasteiger charge is 2.22. The molecule has 0 aliphatic heterocycles. The number of H-pyrrole nitrogens is 1. The lowest BCUT2D eigenvalue weighted by Gasteiger charge is -2.11. The molecule has 0 saturated carbocycles. The maximum atomic E-state index is 11.6. The first-order valence-electron chi connectivity index (χ1n) is 5.21. The highest BCUT2D eigenvalue weighted by Crippen LogP contribution is 2.28. The number of carbonyl (C=O) groups is 1. The second-order valence-corrected chi connectivity index (χ2v) is 4.66. The van der Waals surface area contributed by atoms with Crippen LogP contribution in [-0.4, -0.2) is 24.6 Å². The number of halogens is 1. The summed E-state index contributed by atoms with van der Waals surface area (Å²) in [5.41, 5.74) is 7.48. The van der Waals surface area contributed by atoms with E-state index < -0.39 is 5.92 Å². The Hall–Kier alpha value is -1.33. The number of nitrogens with two attached hydrogens (primary N) is 1. The summed E-state index contributed by atoms with van der Waals surface area (Å²) in [5.74, 6) is -0.730. The van der Waals surface area contributed by atoms with Gasteiger partial charge >= 0.3 is 5.97 Å². The Labute approximate surface area is 107 Å². The third-order valence-electron chi connectivity index (χ3n) is 2.77. The molecule has 0 spiro atoms. The van der Waals surface area contributed by atoms with E-state index >= 15 is 0 Å². The average Bonchev–Trinajstić information content (AvgIpc) is 2.73. The van der Waals surface area contributed by atoms with Crippen LogP contribution < -0.4 is 5.73 Å². The third-order valence-corrected chi connectivity index (χ3v) is 3.27. The van der Waals surface area contributed by atoms with Gasteiger partial charge in [0.05, 0.1) is 13.0 Å². The minimum Gasteiger partial charge on any atom is -0.469 e. The number of methoxy groups -OCH3 is 1. The maximum Gasteiger partial charge on any atom is 0.314 e. The molecule has 90 valence electrons. The number of hydrogen-bond acceptors (Lipinski definition) is 3. The molecule has 2 rings (SSSR count). The second-order valence-electron chi connectivity index (χ2n) is 3.75. The molecule has 0 radical (unpaired) electrons. The van der Waals surface area contributed by atoms with Crippen LogP contribution in [0.1, 0.15) is 11.5 Å². The van der Waals surface area contributed by atoms with Gasteiger partial charge in [0, 0.05) is 28.1 Å². The van der Waals surface area contributed by atoms with Crippen LogP contribution in [0.15, 0.2) is 28.9 Å². The van der Waals surface area contributed by atoms with Crippen molar-refractivity contribution < 1.29 is 9.53 Å². The Morgan fingerprint density at radius 2 is 2.35 bits per heavy atom. The predicted octanol–water partition coefficient (Wildman–Crippen LogP) is 2.15. The van der Waals surface area contributed by atoms with Gasteiger partial charge in [0.2, 0.25) is 0 Å². The molecule has 4 nitrogen and oxygen atoms in total. The van der Waals surface area contributed by atoms with Crippen LogP contribution in [0, 0.1) is 0 Å². The molecule has 1 aromatic heterocycles. The van der Waals surface area contributed by atoms with Gasteiger partial charge < -0.3 is 15.5 Å². The van der Waals surface area contributed by atoms with Gasteiger partial charge in [-0.05, 0) is 17.7 Å². The number of rotatable bonds is 3. The number of nitrogens with one attached hydrogen (secondary N) is 1. The molecule has 1 heterocycles. The van der Waals surface area contributed by atoms with Crippen molar-refractivity contribution in [3.8, 4) is 0 Å². The number of aromatic nitrogens is 1. The minimum atomic E-state index is -0.421. The fourth-order valence-electron chi connectivity index (χ4n) is 1.90. The quantitative estimate of drug-likeness (QED) is 0.853. The second kappa shape index (κ2) is 4.89. The molecule has 2 aromatic rings. The van der Waals surface area contributed by atoms with Crippen molar-refractivity contribution in [1.29, 1.82) is 0 Å². The highest BCUT2D eigenvalue weighted by atomic mass is 79.9. The minimum absolute atomic E-state index is 0.232. The van der Waals surface area contributed by atoms with E-state index in [4.69, 9.17) is 10.5 Å². The lowest BCUT2D eigenvalue weighted by atomic mass is 9.99. The molecule has 0 fully saturated rings. The topological polar surface area (TPSA) is 68.1 Å². The smallest absolute Gasteiger partial charge is 0.314 e. The summed E-state index contributed by atoms with van der Waals surface area (Å²) >= 11 is 3.40. The first-order valence-corrected chi connectivity index (χ1v) is 6.01. The zero-order valence-electron chi connectivity index (χ0n) is 9.37. The van der Waals surface area contributed by atoms with Gasteiger partial charge in [-0.2, -0.15) is 0 Å². The Balaban J connectivity index is 2.51. The first-order chi connectivity index (χ1) is 8.17. The molecule has 0 saturated heterocycles. The number of esters is 1. The molecule has 0 aliphatic carbocycles. The largest absolute Gasteiger partial charge is 0.469 e. The fourth-order valence-corrected chi connectivity index (χ4v) is 2.26. The van der Waals surface area contributed by atoms with Gasteiger partial charge in [0.25, 0.3) is 0 Å². The van der Waals surface area contributed by atoms with E-state index in [0.29, 0.717) is 0 Å². The van der Waals surface area contributed by atoms with E-state index in [9.17, 15) is 4.79 Å². The summed E-state index contributed by atoms with van der Waals surface area (Å²) in [6, 6.07) is 5.85. The molecule has 1 aromatic carbocycles. The molecular weight excluding hydrogens is 284 g/mol. The van der Waals surface area contributed by atoms with E-state index in [-0.39, 0.29) is 12.5 Å². The van der Waals surface area contributed by atoms with Crippen molar-refractivity contribution in [3.05, 3.63) is 34.4 Å². The van der Waals surface area contributed by atoms with E-state index in [1.807, 2.05) is 24.4 Å². The number of ether oxygens (including phenoxy) is 1. The predicted molar refractivity (Wildman–Crippen MR) is 69.8 cm³/mol. The number of benzene rings is 1. The Morgan fingerprint density at radius 1 is 1.59 bits per heavy atom. The van der Waals surface area contributed by atoms with Crippen LogP contribution in [0.25, 0.3) is 10.9 Å². The van der Waals surface area contributed by atoms with Crippen molar-refractivity contribution in [2.24, 2.45) is 5.73 Å². The molecule has 0 aliphatic rings. The molecule has 0 bridgehead atoms. The fraction of sp³-hybridized carbons (Fsp3) is 0.250. The van der Waals surface area contributed by atoms with Crippen LogP contribution in [0.4, 0.5) is 0 Å². The Morgan fingerprint density at radius 3 is 3.00 bits per heavy atom. The highest BCUT2D eigenvalue weighted by molar-refractivity contribution is 9.10. The molecule has 3 N–H and O–H groups in total. The third kappa shape index (κ3) is 2.21. The van der Waals surface area contributed by atoms with Gasteiger partial charge in [0.1, 0.15) is 0 Å². The van der Waals surface area contributed by atoms with Crippen LogP contribution in [0.5, 0.6) is 0 Å². The SMILES string of the molecule is COC(=O)C(CN)c1c[nH]c2cc(Br)ccc12. The standard InChI is InChI=1S/C12H13BrN2O2/c1-17-12(16)9(5-14)10-6-15-11-4-7(13)2-3-8(10)11/h2-4,6,9,15H,5,14H2,1H3. The van der Waals surface area contributed by atoms with Crippen molar-refractivity contribution in [2.45, 2.75) is 5.92 Å². The molecule has 17 heavy (non-hydrogen) atoms. The lowest BCUT2D eigenvalue weighted by Crippen LogP contribution is -2.22. The van der Waals surface area contributed by atoms with E-state index in [1.165, 1.54) is 7.11 Å². The first kappa shape index (κ1) is 12.1. The maximum absolute atomic E-state index is 11.6. The van der Waals surface area contributed by atoms with E-state index in [2.05, 4.69) is 20.9 Å². The van der Waals surface area contributed by atoms with Gasteiger partial charge in [-0.3, -0.25) is 4.79 Å². The van der Waals surface area contributed by atoms with Crippen LogP contribution in [0.3, 0.4) is 0 Å². The normalized spacial score (nSPS) is 12.6. The zero-order valence-corrected chi connectivity index (χ0v) is 11.0. The zero-order chi connectivity index (χ0) is 12.4. The molecule has 1 atom stereocenters. The van der Waals surface area contributed by atoms with Crippen molar-refractivity contribution >= 4 is 32.8 Å². The summed E-state index contributed by atoms with van der Waals surface area (Å²) in [4.78, 5) is 14.8. The van der Waals surface area contributed by atoms with Gasteiger partial charge in [0.15, 0.2) is 0 Å². The summed E-state index contributed by atoms with van der Waals surface area (Å²) in [7, 11) is 1.37. The average molecular weight is 297 g/mol. The van der Waals surface area contributed by atoms with Crippen LogP contribution >= 0.6 is 15.9 Å². The molecule has 0 amide bonds. The van der Waals surface area contributed by atoms with Crippen LogP contribution in [-0.2, 0) is 9.53 Å². The lowest BCUT2D eigenvalue weighted by molar-refractivity contribution is -0.142.